The summed E-state index contributed by atoms with van der Waals surface area (Å²) in [5.41, 5.74) is 4.96. The number of nitrogens with zero attached hydrogens (tertiary/aromatic N) is 4. The largest absolute Gasteiger partial charge is 0.261 e. The number of pyridine rings is 1. The Morgan fingerprint density at radius 2 is 2.00 bits per heavy atom. The van der Waals surface area contributed by atoms with Crippen LogP contribution in [0.2, 0.25) is 0 Å². The molecule has 0 saturated heterocycles. The molecule has 4 heteroatoms. The van der Waals surface area contributed by atoms with Crippen molar-refractivity contribution in [3.05, 3.63) is 48.2 Å². The smallest absolute Gasteiger partial charge is 0.163 e. The molecule has 0 unspecified atom stereocenters. The van der Waals surface area contributed by atoms with Crippen molar-refractivity contribution in [2.75, 3.05) is 0 Å². The van der Waals surface area contributed by atoms with Gasteiger partial charge in [-0.2, -0.15) is 5.10 Å². The van der Waals surface area contributed by atoms with Crippen LogP contribution in [0.15, 0.2) is 36.8 Å². The molecular weight excluding hydrogens is 212 g/mol. The number of fused-ring (bicyclic) bond motifs is 1. The van der Waals surface area contributed by atoms with Crippen LogP contribution in [0.1, 0.15) is 11.4 Å². The first-order valence-electron chi connectivity index (χ1n) is 5.49. The summed E-state index contributed by atoms with van der Waals surface area (Å²) < 4.78 is 1.80. The monoisotopic (exact) mass is 224 g/mol. The van der Waals surface area contributed by atoms with Crippen molar-refractivity contribution >= 4 is 5.65 Å². The van der Waals surface area contributed by atoms with E-state index in [-0.39, 0.29) is 0 Å². The lowest BCUT2D eigenvalue weighted by atomic mass is 10.1. The second-order valence-corrected chi connectivity index (χ2v) is 4.04. The van der Waals surface area contributed by atoms with Crippen molar-refractivity contribution in [3.8, 4) is 11.1 Å². The van der Waals surface area contributed by atoms with Gasteiger partial charge in [-0.3, -0.25) is 4.98 Å². The Morgan fingerprint density at radius 3 is 2.76 bits per heavy atom. The van der Waals surface area contributed by atoms with E-state index in [4.69, 9.17) is 0 Å². The molecule has 0 aromatic carbocycles. The fraction of sp³-hybridized carbons (Fsp3) is 0.154. The molecule has 84 valence electrons. The lowest BCUT2D eigenvalue weighted by Crippen LogP contribution is -1.88. The Balaban J connectivity index is 2.29. The number of hydrogen-bond donors (Lipinski definition) is 0. The Kier molecular flexibility index (Phi) is 2.14. The summed E-state index contributed by atoms with van der Waals surface area (Å²) in [6, 6.07) is 5.93. The topological polar surface area (TPSA) is 43.1 Å². The van der Waals surface area contributed by atoms with Gasteiger partial charge in [0.05, 0.1) is 11.3 Å². The third-order valence-corrected chi connectivity index (χ3v) is 2.77. The quantitative estimate of drug-likeness (QED) is 0.637. The highest BCUT2D eigenvalue weighted by Crippen LogP contribution is 2.25. The molecule has 3 heterocycles. The highest BCUT2D eigenvalue weighted by molar-refractivity contribution is 5.79. The molecule has 0 fully saturated rings. The Hall–Kier alpha value is -2.23. The number of aromatic nitrogens is 4. The van der Waals surface area contributed by atoms with Crippen LogP contribution in [-0.2, 0) is 0 Å². The van der Waals surface area contributed by atoms with Gasteiger partial charge in [0.15, 0.2) is 5.65 Å². The Bertz CT molecular complexity index is 667. The van der Waals surface area contributed by atoms with Gasteiger partial charge in [-0.1, -0.05) is 6.07 Å². The maximum Gasteiger partial charge on any atom is 0.163 e. The maximum absolute atomic E-state index is 4.44. The van der Waals surface area contributed by atoms with Crippen molar-refractivity contribution in [1.82, 2.24) is 19.6 Å². The van der Waals surface area contributed by atoms with Gasteiger partial charge in [0, 0.05) is 29.8 Å². The fourth-order valence-electron chi connectivity index (χ4n) is 1.95. The highest BCUT2D eigenvalue weighted by atomic mass is 15.2. The zero-order valence-electron chi connectivity index (χ0n) is 9.75. The summed E-state index contributed by atoms with van der Waals surface area (Å²) >= 11 is 0. The van der Waals surface area contributed by atoms with E-state index in [1.807, 2.05) is 38.4 Å². The molecule has 3 aromatic rings. The zero-order chi connectivity index (χ0) is 11.8. The van der Waals surface area contributed by atoms with Crippen LogP contribution >= 0.6 is 0 Å². The van der Waals surface area contributed by atoms with Crippen LogP contribution in [0.5, 0.6) is 0 Å². The molecule has 0 saturated carbocycles. The van der Waals surface area contributed by atoms with Gasteiger partial charge in [0.1, 0.15) is 0 Å². The number of aryl methyl sites for hydroxylation is 2. The van der Waals surface area contributed by atoms with E-state index >= 15 is 0 Å². The first kappa shape index (κ1) is 9.96. The van der Waals surface area contributed by atoms with Gasteiger partial charge in [-0.25, -0.2) is 9.50 Å². The number of hydrogen-bond acceptors (Lipinski definition) is 3. The average Bonchev–Trinajstić information content (AvgIpc) is 2.66. The fourth-order valence-corrected chi connectivity index (χ4v) is 1.95. The van der Waals surface area contributed by atoms with Crippen molar-refractivity contribution in [2.24, 2.45) is 0 Å². The average molecular weight is 224 g/mol. The molecule has 0 aliphatic rings. The minimum Gasteiger partial charge on any atom is -0.261 e. The van der Waals surface area contributed by atoms with Crippen LogP contribution in [0, 0.1) is 13.8 Å². The van der Waals surface area contributed by atoms with Crippen LogP contribution in [0.4, 0.5) is 0 Å². The maximum atomic E-state index is 4.44. The lowest BCUT2D eigenvalue weighted by molar-refractivity contribution is 0.917. The van der Waals surface area contributed by atoms with E-state index in [1.165, 1.54) is 0 Å². The van der Waals surface area contributed by atoms with Crippen LogP contribution < -0.4 is 0 Å². The minimum atomic E-state index is 0.871. The summed E-state index contributed by atoms with van der Waals surface area (Å²) in [5.74, 6) is 0. The second-order valence-electron chi connectivity index (χ2n) is 4.04. The predicted molar refractivity (Wildman–Crippen MR) is 65.7 cm³/mol. The lowest BCUT2D eigenvalue weighted by Gasteiger charge is -2.00. The SMILES string of the molecule is Cc1ccc(-c2c(C)nn3cccnc23)cn1. The van der Waals surface area contributed by atoms with Crippen LogP contribution in [0.3, 0.4) is 0 Å². The summed E-state index contributed by atoms with van der Waals surface area (Å²) in [6.07, 6.45) is 5.55. The summed E-state index contributed by atoms with van der Waals surface area (Å²) in [5, 5.41) is 4.44. The van der Waals surface area contributed by atoms with E-state index in [0.29, 0.717) is 0 Å². The van der Waals surface area contributed by atoms with Gasteiger partial charge in [-0.05, 0) is 26.0 Å². The van der Waals surface area contributed by atoms with Crippen molar-refractivity contribution in [3.63, 3.8) is 0 Å². The standard InChI is InChI=1S/C13H12N4/c1-9-4-5-11(8-15-9)12-10(2)16-17-7-3-6-14-13(12)17/h3-8H,1-2H3. The first-order valence-corrected chi connectivity index (χ1v) is 5.49. The Morgan fingerprint density at radius 1 is 1.12 bits per heavy atom. The van der Waals surface area contributed by atoms with Gasteiger partial charge in [-0.15, -0.1) is 0 Å². The molecule has 3 rings (SSSR count). The van der Waals surface area contributed by atoms with E-state index in [2.05, 4.69) is 21.1 Å². The first-order chi connectivity index (χ1) is 8.25. The molecule has 0 aliphatic carbocycles. The third kappa shape index (κ3) is 1.58. The van der Waals surface area contributed by atoms with Crippen molar-refractivity contribution in [1.29, 1.82) is 0 Å². The number of rotatable bonds is 1. The van der Waals surface area contributed by atoms with Gasteiger partial charge in [0.25, 0.3) is 0 Å². The minimum absolute atomic E-state index is 0.871. The van der Waals surface area contributed by atoms with Crippen LogP contribution in [-0.4, -0.2) is 19.6 Å². The molecule has 0 radical (unpaired) electrons. The van der Waals surface area contributed by atoms with E-state index in [0.717, 1.165) is 28.2 Å². The summed E-state index contributed by atoms with van der Waals surface area (Å²) in [6.45, 7) is 3.97. The Labute approximate surface area is 99.0 Å². The molecule has 0 atom stereocenters. The van der Waals surface area contributed by atoms with Crippen LogP contribution in [0.25, 0.3) is 16.8 Å². The molecule has 0 bridgehead atoms. The summed E-state index contributed by atoms with van der Waals surface area (Å²) in [4.78, 5) is 8.69. The molecule has 3 aromatic heterocycles. The van der Waals surface area contributed by atoms with Gasteiger partial charge < -0.3 is 0 Å². The normalized spacial score (nSPS) is 10.9. The van der Waals surface area contributed by atoms with E-state index < -0.39 is 0 Å². The van der Waals surface area contributed by atoms with Gasteiger partial charge in [0.2, 0.25) is 0 Å². The van der Waals surface area contributed by atoms with E-state index in [1.54, 1.807) is 10.7 Å². The predicted octanol–water partition coefficient (Wildman–Crippen LogP) is 2.41. The molecule has 17 heavy (non-hydrogen) atoms. The second kappa shape index (κ2) is 3.66. The van der Waals surface area contributed by atoms with Gasteiger partial charge >= 0.3 is 0 Å². The molecule has 0 spiro atoms. The summed E-state index contributed by atoms with van der Waals surface area (Å²) in [7, 11) is 0. The third-order valence-electron chi connectivity index (χ3n) is 2.77. The van der Waals surface area contributed by atoms with Crippen molar-refractivity contribution in [2.45, 2.75) is 13.8 Å². The van der Waals surface area contributed by atoms with E-state index in [9.17, 15) is 0 Å². The van der Waals surface area contributed by atoms with Crippen molar-refractivity contribution < 1.29 is 0 Å². The highest BCUT2D eigenvalue weighted by Gasteiger charge is 2.12. The molecule has 0 amide bonds. The molecule has 0 N–H and O–H groups in total. The molecule has 0 aliphatic heterocycles. The molecular formula is C13H12N4. The molecule has 4 nitrogen and oxygen atoms in total. The zero-order valence-corrected chi connectivity index (χ0v) is 9.75.